The summed E-state index contributed by atoms with van der Waals surface area (Å²) in [5, 5.41) is 0. The number of ether oxygens (including phenoxy) is 2. The lowest BCUT2D eigenvalue weighted by atomic mass is 9.86. The van der Waals surface area contributed by atoms with E-state index < -0.39 is 11.7 Å². The number of rotatable bonds is 6. The van der Waals surface area contributed by atoms with Crippen LogP contribution in [-0.2, 0) is 10.9 Å². The number of methoxy groups -OCH3 is 1. The van der Waals surface area contributed by atoms with E-state index in [0.29, 0.717) is 31.9 Å². The zero-order valence-corrected chi connectivity index (χ0v) is 20.5. The fraction of sp³-hybridized carbons (Fsp3) is 0.519. The van der Waals surface area contributed by atoms with E-state index in [-0.39, 0.29) is 18.0 Å². The maximum Gasteiger partial charge on any atom is 0.416 e. The summed E-state index contributed by atoms with van der Waals surface area (Å²) in [7, 11) is 1.65. The van der Waals surface area contributed by atoms with E-state index in [4.69, 9.17) is 9.47 Å². The molecule has 8 heteroatoms. The molecule has 0 unspecified atom stereocenters. The van der Waals surface area contributed by atoms with Gasteiger partial charge in [0.25, 0.3) is 5.91 Å². The van der Waals surface area contributed by atoms with Crippen molar-refractivity contribution < 1.29 is 27.4 Å². The first-order valence-electron chi connectivity index (χ1n) is 12.1. The van der Waals surface area contributed by atoms with Gasteiger partial charge in [-0.05, 0) is 80.1 Å². The molecule has 2 heterocycles. The topological polar surface area (TPSA) is 42.0 Å². The van der Waals surface area contributed by atoms with Gasteiger partial charge in [0.1, 0.15) is 12.4 Å². The lowest BCUT2D eigenvalue weighted by Crippen LogP contribution is -2.57. The molecule has 2 fully saturated rings. The lowest BCUT2D eigenvalue weighted by Gasteiger charge is -2.49. The summed E-state index contributed by atoms with van der Waals surface area (Å²) in [5.41, 5.74) is 3.23. The number of hydrogen-bond acceptors (Lipinski definition) is 4. The largest absolute Gasteiger partial charge is 0.491 e. The summed E-state index contributed by atoms with van der Waals surface area (Å²) in [5.74, 6) is 0.674. The number of benzene rings is 2. The smallest absolute Gasteiger partial charge is 0.416 e. The normalized spacial score (nSPS) is 21.0. The van der Waals surface area contributed by atoms with Gasteiger partial charge in [0.15, 0.2) is 0 Å². The van der Waals surface area contributed by atoms with Crippen LogP contribution in [0.3, 0.4) is 0 Å². The number of piperazine rings is 1. The number of nitrogens with zero attached hydrogens (tertiary/aromatic N) is 2. The van der Waals surface area contributed by atoms with Crippen LogP contribution in [0.25, 0.3) is 0 Å². The number of fused-ring (bicyclic) bond motifs is 1. The Labute approximate surface area is 204 Å². The first-order chi connectivity index (χ1) is 16.7. The number of piperidine rings is 1. The van der Waals surface area contributed by atoms with Gasteiger partial charge in [-0.15, -0.1) is 0 Å². The van der Waals surface area contributed by atoms with Crippen molar-refractivity contribution in [3.8, 4) is 5.75 Å². The summed E-state index contributed by atoms with van der Waals surface area (Å²) < 4.78 is 49.6. The minimum Gasteiger partial charge on any atom is -0.491 e. The van der Waals surface area contributed by atoms with Crippen LogP contribution in [0.1, 0.15) is 57.9 Å². The van der Waals surface area contributed by atoms with Gasteiger partial charge in [-0.3, -0.25) is 9.69 Å². The molecule has 190 valence electrons. The van der Waals surface area contributed by atoms with Crippen LogP contribution in [-0.4, -0.2) is 61.7 Å². The Morgan fingerprint density at radius 2 is 1.74 bits per heavy atom. The molecule has 0 bridgehead atoms. The quantitative estimate of drug-likeness (QED) is 0.509. The van der Waals surface area contributed by atoms with Crippen molar-refractivity contribution in [3.05, 3.63) is 64.2 Å². The number of amides is 1. The van der Waals surface area contributed by atoms with Crippen LogP contribution in [0.4, 0.5) is 13.2 Å². The summed E-state index contributed by atoms with van der Waals surface area (Å²) >= 11 is 0. The molecule has 2 aromatic rings. The Balaban J connectivity index is 1.45. The maximum atomic E-state index is 13.0. The molecule has 0 spiro atoms. The van der Waals surface area contributed by atoms with Gasteiger partial charge in [0.05, 0.1) is 12.2 Å². The highest BCUT2D eigenvalue weighted by atomic mass is 19.4. The first-order valence-corrected chi connectivity index (χ1v) is 12.1. The van der Waals surface area contributed by atoms with Crippen molar-refractivity contribution >= 4 is 5.91 Å². The summed E-state index contributed by atoms with van der Waals surface area (Å²) in [6.45, 7) is 7.17. The Hall–Kier alpha value is -2.58. The monoisotopic (exact) mass is 490 g/mol. The second kappa shape index (κ2) is 10.6. The fourth-order valence-corrected chi connectivity index (χ4v) is 5.32. The Morgan fingerprint density at radius 3 is 2.43 bits per heavy atom. The van der Waals surface area contributed by atoms with E-state index >= 15 is 0 Å². The minimum absolute atomic E-state index is 0.204. The molecule has 2 saturated heterocycles. The third-order valence-corrected chi connectivity index (χ3v) is 7.37. The van der Waals surface area contributed by atoms with E-state index in [1.807, 2.05) is 6.07 Å². The second-order valence-corrected chi connectivity index (χ2v) is 9.41. The van der Waals surface area contributed by atoms with E-state index in [1.54, 1.807) is 12.0 Å². The van der Waals surface area contributed by atoms with E-state index in [1.165, 1.54) is 23.3 Å². The number of carbonyl (C=O) groups is 1. The highest BCUT2D eigenvalue weighted by Gasteiger charge is 2.38. The van der Waals surface area contributed by atoms with Gasteiger partial charge in [0, 0.05) is 44.4 Å². The average molecular weight is 491 g/mol. The van der Waals surface area contributed by atoms with Crippen molar-refractivity contribution in [2.24, 2.45) is 0 Å². The fourth-order valence-electron chi connectivity index (χ4n) is 5.32. The number of halogens is 3. The Kier molecular flexibility index (Phi) is 7.71. The highest BCUT2D eigenvalue weighted by molar-refractivity contribution is 5.94. The van der Waals surface area contributed by atoms with Crippen LogP contribution < -0.4 is 4.74 Å². The molecule has 0 aliphatic carbocycles. The van der Waals surface area contributed by atoms with Gasteiger partial charge < -0.3 is 14.4 Å². The predicted molar refractivity (Wildman–Crippen MR) is 128 cm³/mol. The Morgan fingerprint density at radius 1 is 1.00 bits per heavy atom. The van der Waals surface area contributed by atoms with Gasteiger partial charge in [0.2, 0.25) is 0 Å². The van der Waals surface area contributed by atoms with Crippen LogP contribution in [0.2, 0.25) is 0 Å². The molecule has 2 aliphatic heterocycles. The zero-order chi connectivity index (χ0) is 25.2. The minimum atomic E-state index is -4.41. The zero-order valence-electron chi connectivity index (χ0n) is 20.5. The third-order valence-electron chi connectivity index (χ3n) is 7.37. The number of alkyl halides is 3. The Bertz CT molecular complexity index is 1040. The summed E-state index contributed by atoms with van der Waals surface area (Å²) in [6, 6.07) is 9.25. The molecule has 5 nitrogen and oxygen atoms in total. The van der Waals surface area contributed by atoms with Gasteiger partial charge in [-0.2, -0.15) is 13.2 Å². The molecule has 0 radical (unpaired) electrons. The van der Waals surface area contributed by atoms with Gasteiger partial charge >= 0.3 is 6.18 Å². The van der Waals surface area contributed by atoms with E-state index in [2.05, 4.69) is 24.8 Å². The van der Waals surface area contributed by atoms with Crippen molar-refractivity contribution in [1.29, 1.82) is 0 Å². The molecule has 2 aliphatic rings. The molecule has 0 N–H and O–H groups in total. The SMILES string of the molecule is COCCOc1ccc([C@H]2CCC[C@H]3CN(C(=O)c4ccc(C(F)(F)F)cc4)CCN32)c(C)c1C. The molecular formula is C27H33F3N2O3. The molecular weight excluding hydrogens is 457 g/mol. The van der Waals surface area contributed by atoms with Crippen LogP contribution in [0, 0.1) is 13.8 Å². The van der Waals surface area contributed by atoms with E-state index in [9.17, 15) is 18.0 Å². The van der Waals surface area contributed by atoms with E-state index in [0.717, 1.165) is 49.3 Å². The molecule has 2 aromatic carbocycles. The molecule has 4 rings (SSSR count). The van der Waals surface area contributed by atoms with Crippen molar-refractivity contribution in [2.45, 2.75) is 51.4 Å². The van der Waals surface area contributed by atoms with Crippen molar-refractivity contribution in [2.75, 3.05) is 40.0 Å². The molecule has 2 atom stereocenters. The van der Waals surface area contributed by atoms with Crippen LogP contribution >= 0.6 is 0 Å². The second-order valence-electron chi connectivity index (χ2n) is 9.41. The maximum absolute atomic E-state index is 13.0. The lowest BCUT2D eigenvalue weighted by molar-refractivity contribution is -0.137. The summed E-state index contributed by atoms with van der Waals surface area (Å²) in [6.07, 6.45) is -1.27. The van der Waals surface area contributed by atoms with Gasteiger partial charge in [-0.1, -0.05) is 6.07 Å². The molecule has 35 heavy (non-hydrogen) atoms. The molecule has 0 saturated carbocycles. The average Bonchev–Trinajstić information content (AvgIpc) is 2.85. The molecule has 0 aromatic heterocycles. The van der Waals surface area contributed by atoms with Crippen LogP contribution in [0.5, 0.6) is 5.75 Å². The molecule has 1 amide bonds. The van der Waals surface area contributed by atoms with Crippen molar-refractivity contribution in [3.63, 3.8) is 0 Å². The highest BCUT2D eigenvalue weighted by Crippen LogP contribution is 2.39. The first kappa shape index (κ1) is 25.5. The van der Waals surface area contributed by atoms with Crippen LogP contribution in [0.15, 0.2) is 36.4 Å². The number of hydrogen-bond donors (Lipinski definition) is 0. The number of carbonyl (C=O) groups excluding carboxylic acids is 1. The third kappa shape index (κ3) is 5.48. The van der Waals surface area contributed by atoms with Gasteiger partial charge in [-0.25, -0.2) is 0 Å². The standard InChI is InChI=1S/C27H33F3N2O3/c1-18-19(2)25(35-16-15-34-3)12-11-23(18)24-6-4-5-22-17-31(13-14-32(22)24)26(33)20-7-9-21(10-8-20)27(28,29)30/h7-12,22,24H,4-6,13-17H2,1-3H3/t22-,24+/m0/s1. The predicted octanol–water partition coefficient (Wildman–Crippen LogP) is 5.40. The summed E-state index contributed by atoms with van der Waals surface area (Å²) in [4.78, 5) is 17.3. The van der Waals surface area contributed by atoms with Crippen molar-refractivity contribution in [1.82, 2.24) is 9.80 Å².